The second-order valence-electron chi connectivity index (χ2n) is 2.75. The molecule has 1 radical (unpaired) electrons. The van der Waals surface area contributed by atoms with E-state index in [1.54, 1.807) is 0 Å². The molecule has 0 aromatic heterocycles. The molecule has 1 rings (SSSR count). The summed E-state index contributed by atoms with van der Waals surface area (Å²) in [6.07, 6.45) is 0.891. The summed E-state index contributed by atoms with van der Waals surface area (Å²) >= 11 is 0. The lowest BCUT2D eigenvalue weighted by Gasteiger charge is -2.00. The maximum atomic E-state index is 3.84. The van der Waals surface area contributed by atoms with Crippen molar-refractivity contribution in [2.24, 2.45) is 0 Å². The molecule has 0 amide bonds. The van der Waals surface area contributed by atoms with Crippen LogP contribution in [-0.4, -0.2) is 0 Å². The minimum atomic E-state index is 0.891. The Labute approximate surface area is 62.9 Å². The first-order chi connectivity index (χ1) is 4.72. The molecule has 0 nitrogen and oxygen atoms in total. The quantitative estimate of drug-likeness (QED) is 0.552. The van der Waals surface area contributed by atoms with Crippen LogP contribution in [0, 0.1) is 20.8 Å². The van der Waals surface area contributed by atoms with Crippen molar-refractivity contribution in [1.29, 1.82) is 0 Å². The summed E-state index contributed by atoms with van der Waals surface area (Å²) in [5.74, 6) is 0. The van der Waals surface area contributed by atoms with Crippen molar-refractivity contribution in [3.8, 4) is 0 Å². The highest BCUT2D eigenvalue weighted by Gasteiger charge is 1.91. The summed E-state index contributed by atoms with van der Waals surface area (Å²) in [6, 6.07) is 6.54. The van der Waals surface area contributed by atoms with E-state index in [0.717, 1.165) is 6.42 Å². The Kier molecular flexibility index (Phi) is 2.10. The van der Waals surface area contributed by atoms with Gasteiger partial charge in [0.25, 0.3) is 0 Å². The molecule has 1 aromatic carbocycles. The number of hydrogen-bond donors (Lipinski definition) is 0. The number of aryl methyl sites for hydroxylation is 2. The zero-order chi connectivity index (χ0) is 7.56. The lowest BCUT2D eigenvalue weighted by molar-refractivity contribution is 1.22. The zero-order valence-electron chi connectivity index (χ0n) is 6.65. The van der Waals surface area contributed by atoms with Gasteiger partial charge in [-0.25, -0.2) is 0 Å². The normalized spacial score (nSPS) is 9.90. The van der Waals surface area contributed by atoms with E-state index in [0.29, 0.717) is 0 Å². The summed E-state index contributed by atoms with van der Waals surface area (Å²) < 4.78 is 0. The first-order valence-electron chi connectivity index (χ1n) is 3.59. The van der Waals surface area contributed by atoms with Crippen LogP contribution in [0.2, 0.25) is 0 Å². The summed E-state index contributed by atoms with van der Waals surface area (Å²) in [5, 5.41) is 0. The van der Waals surface area contributed by atoms with E-state index in [1.165, 1.54) is 16.7 Å². The standard InChI is InChI=1S/C10H13/c1-4-10-6-8(2)5-9(3)7-10/h5-7H,1,4H2,2-3H3. The van der Waals surface area contributed by atoms with E-state index < -0.39 is 0 Å². The predicted octanol–water partition coefficient (Wildman–Crippen LogP) is 2.68. The Morgan fingerprint density at radius 3 is 2.00 bits per heavy atom. The molecule has 0 N–H and O–H groups in total. The highest BCUT2D eigenvalue weighted by Crippen LogP contribution is 2.08. The predicted molar refractivity (Wildman–Crippen MR) is 45.0 cm³/mol. The van der Waals surface area contributed by atoms with Crippen LogP contribution in [0.3, 0.4) is 0 Å². The molecule has 0 aliphatic carbocycles. The smallest absolute Gasteiger partial charge is 0.0279 e. The lowest BCUT2D eigenvalue weighted by atomic mass is 10.1. The average molecular weight is 133 g/mol. The Hall–Kier alpha value is -0.780. The first kappa shape index (κ1) is 7.33. The first-order valence-corrected chi connectivity index (χ1v) is 3.59. The van der Waals surface area contributed by atoms with Gasteiger partial charge in [-0.2, -0.15) is 0 Å². The lowest BCUT2D eigenvalue weighted by Crippen LogP contribution is -1.83. The molecular weight excluding hydrogens is 120 g/mol. The van der Waals surface area contributed by atoms with Gasteiger partial charge in [-0.05, 0) is 32.8 Å². The molecule has 1 aromatic rings. The maximum Gasteiger partial charge on any atom is -0.0279 e. The van der Waals surface area contributed by atoms with Crippen LogP contribution in [0.25, 0.3) is 0 Å². The second kappa shape index (κ2) is 2.87. The Bertz CT molecular complexity index is 203. The van der Waals surface area contributed by atoms with Crippen LogP contribution >= 0.6 is 0 Å². The van der Waals surface area contributed by atoms with E-state index in [9.17, 15) is 0 Å². The molecule has 0 aliphatic heterocycles. The van der Waals surface area contributed by atoms with Crippen LogP contribution < -0.4 is 0 Å². The molecule has 0 spiro atoms. The maximum absolute atomic E-state index is 3.84. The van der Waals surface area contributed by atoms with E-state index in [-0.39, 0.29) is 0 Å². The monoisotopic (exact) mass is 133 g/mol. The third-order valence-corrected chi connectivity index (χ3v) is 1.57. The van der Waals surface area contributed by atoms with Gasteiger partial charge in [-0.1, -0.05) is 29.3 Å². The van der Waals surface area contributed by atoms with E-state index >= 15 is 0 Å². The largest absolute Gasteiger partial charge is 0.0564 e. The average Bonchev–Trinajstić information content (AvgIpc) is 1.85. The van der Waals surface area contributed by atoms with E-state index in [1.807, 2.05) is 0 Å². The molecule has 0 atom stereocenters. The van der Waals surface area contributed by atoms with Crippen molar-refractivity contribution < 1.29 is 0 Å². The molecule has 0 fully saturated rings. The van der Waals surface area contributed by atoms with Crippen molar-refractivity contribution in [2.45, 2.75) is 20.3 Å². The summed E-state index contributed by atoms with van der Waals surface area (Å²) in [7, 11) is 0. The number of benzene rings is 1. The van der Waals surface area contributed by atoms with Gasteiger partial charge in [0.1, 0.15) is 0 Å². The molecule has 0 saturated carbocycles. The fraction of sp³-hybridized carbons (Fsp3) is 0.300. The van der Waals surface area contributed by atoms with Crippen LogP contribution in [-0.2, 0) is 6.42 Å². The second-order valence-corrected chi connectivity index (χ2v) is 2.75. The van der Waals surface area contributed by atoms with Crippen molar-refractivity contribution in [1.82, 2.24) is 0 Å². The Balaban J connectivity index is 3.06. The van der Waals surface area contributed by atoms with Gasteiger partial charge < -0.3 is 0 Å². The van der Waals surface area contributed by atoms with Gasteiger partial charge in [0.15, 0.2) is 0 Å². The van der Waals surface area contributed by atoms with Crippen LogP contribution in [0.4, 0.5) is 0 Å². The fourth-order valence-corrected chi connectivity index (χ4v) is 1.21. The third-order valence-electron chi connectivity index (χ3n) is 1.57. The molecule has 0 aliphatic rings. The van der Waals surface area contributed by atoms with Gasteiger partial charge in [-0.3, -0.25) is 0 Å². The third kappa shape index (κ3) is 1.60. The van der Waals surface area contributed by atoms with Crippen LogP contribution in [0.5, 0.6) is 0 Å². The van der Waals surface area contributed by atoms with E-state index in [4.69, 9.17) is 0 Å². The molecule has 0 unspecified atom stereocenters. The minimum absolute atomic E-state index is 0.891. The molecular formula is C10H13. The van der Waals surface area contributed by atoms with Crippen LogP contribution in [0.1, 0.15) is 16.7 Å². The van der Waals surface area contributed by atoms with E-state index in [2.05, 4.69) is 39.0 Å². The molecule has 0 heterocycles. The Morgan fingerprint density at radius 2 is 1.60 bits per heavy atom. The van der Waals surface area contributed by atoms with Crippen molar-refractivity contribution in [2.75, 3.05) is 0 Å². The number of rotatable bonds is 1. The summed E-state index contributed by atoms with van der Waals surface area (Å²) in [5.41, 5.74) is 4.00. The topological polar surface area (TPSA) is 0 Å². The van der Waals surface area contributed by atoms with Gasteiger partial charge in [-0.15, -0.1) is 0 Å². The highest BCUT2D eigenvalue weighted by atomic mass is 14.0. The zero-order valence-corrected chi connectivity index (χ0v) is 6.65. The van der Waals surface area contributed by atoms with Gasteiger partial charge >= 0.3 is 0 Å². The molecule has 0 saturated heterocycles. The summed E-state index contributed by atoms with van der Waals surface area (Å²) in [4.78, 5) is 0. The highest BCUT2D eigenvalue weighted by molar-refractivity contribution is 5.28. The fourth-order valence-electron chi connectivity index (χ4n) is 1.21. The number of hydrogen-bond acceptors (Lipinski definition) is 0. The minimum Gasteiger partial charge on any atom is -0.0564 e. The van der Waals surface area contributed by atoms with Gasteiger partial charge in [0.2, 0.25) is 0 Å². The van der Waals surface area contributed by atoms with Gasteiger partial charge in [0.05, 0.1) is 0 Å². The SMILES string of the molecule is [CH2]Cc1cc(C)cc(C)c1. The van der Waals surface area contributed by atoms with Gasteiger partial charge in [0, 0.05) is 0 Å². The molecule has 0 heteroatoms. The van der Waals surface area contributed by atoms with Crippen molar-refractivity contribution >= 4 is 0 Å². The summed E-state index contributed by atoms with van der Waals surface area (Å²) in [6.45, 7) is 8.07. The van der Waals surface area contributed by atoms with Crippen LogP contribution in [0.15, 0.2) is 18.2 Å². The molecule has 0 bridgehead atoms. The van der Waals surface area contributed by atoms with Crippen molar-refractivity contribution in [3.05, 3.63) is 41.8 Å². The molecule has 10 heavy (non-hydrogen) atoms. The molecule has 53 valence electrons. The Morgan fingerprint density at radius 1 is 1.10 bits per heavy atom. The van der Waals surface area contributed by atoms with Crippen molar-refractivity contribution in [3.63, 3.8) is 0 Å².